The molecule has 0 aliphatic carbocycles. The largest absolute Gasteiger partial charge is 0.478 e. The van der Waals surface area contributed by atoms with E-state index in [-0.39, 0.29) is 5.69 Å². The molecule has 0 aromatic heterocycles. The summed E-state index contributed by atoms with van der Waals surface area (Å²) in [5, 5.41) is 20.1. The van der Waals surface area contributed by atoms with Crippen molar-refractivity contribution in [3.05, 3.63) is 45.9 Å². The Bertz CT molecular complexity index is 416. The molecule has 0 fully saturated rings. The Kier molecular flexibility index (Phi) is 3.87. The Hall–Kier alpha value is -1.82. The molecule has 15 heavy (non-hydrogen) atoms. The number of hydrogen-bond donors (Lipinski definition) is 1. The van der Waals surface area contributed by atoms with E-state index in [0.717, 1.165) is 17.8 Å². The van der Waals surface area contributed by atoms with Gasteiger partial charge >= 0.3 is 5.97 Å². The van der Waals surface area contributed by atoms with Crippen molar-refractivity contribution in [2.24, 2.45) is 0 Å². The molecule has 78 valence electrons. The summed E-state index contributed by atoms with van der Waals surface area (Å²) in [4.78, 5) is 20.7. The lowest BCUT2D eigenvalue weighted by atomic mass is 10.3. The van der Waals surface area contributed by atoms with Crippen molar-refractivity contribution < 1.29 is 14.8 Å². The Labute approximate surface area is 89.6 Å². The normalized spacial score (nSPS) is 10.4. The van der Waals surface area contributed by atoms with Crippen molar-refractivity contribution in [1.29, 1.82) is 0 Å². The first kappa shape index (κ1) is 11.3. The number of thioether (sulfide) groups is 1. The van der Waals surface area contributed by atoms with Crippen LogP contribution < -0.4 is 0 Å². The molecule has 0 amide bonds. The van der Waals surface area contributed by atoms with Crippen LogP contribution in [0.4, 0.5) is 5.69 Å². The zero-order chi connectivity index (χ0) is 11.3. The number of aliphatic carboxylic acids is 1. The first-order valence-electron chi connectivity index (χ1n) is 3.90. The second-order valence-electron chi connectivity index (χ2n) is 2.51. The van der Waals surface area contributed by atoms with Gasteiger partial charge in [-0.2, -0.15) is 0 Å². The molecule has 0 spiro atoms. The van der Waals surface area contributed by atoms with Gasteiger partial charge in [-0.3, -0.25) is 10.1 Å². The molecule has 0 heterocycles. The van der Waals surface area contributed by atoms with Crippen LogP contribution in [0.2, 0.25) is 0 Å². The Morgan fingerprint density at radius 1 is 1.53 bits per heavy atom. The highest BCUT2D eigenvalue weighted by molar-refractivity contribution is 8.02. The van der Waals surface area contributed by atoms with Crippen LogP contribution in [-0.4, -0.2) is 16.0 Å². The molecule has 0 bridgehead atoms. The van der Waals surface area contributed by atoms with Crippen molar-refractivity contribution in [1.82, 2.24) is 0 Å². The molecular formula is C9H7NO4S. The van der Waals surface area contributed by atoms with E-state index >= 15 is 0 Å². The lowest BCUT2D eigenvalue weighted by Crippen LogP contribution is -1.87. The molecule has 0 saturated heterocycles. The number of non-ortho nitro benzene ring substituents is 1. The maximum atomic E-state index is 10.4. The summed E-state index contributed by atoms with van der Waals surface area (Å²) in [5.74, 6) is -1.05. The molecule has 1 aromatic rings. The van der Waals surface area contributed by atoms with Crippen LogP contribution >= 0.6 is 11.8 Å². The van der Waals surface area contributed by atoms with Crippen LogP contribution in [0.3, 0.4) is 0 Å². The standard InChI is InChI=1S/C9H7NO4S/c11-9(12)4-5-15-8-3-1-2-7(6-8)10(13)14/h1-6H,(H,11,12)/b5-4+. The fourth-order valence-corrected chi connectivity index (χ4v) is 1.53. The van der Waals surface area contributed by atoms with Crippen molar-refractivity contribution >= 4 is 23.4 Å². The quantitative estimate of drug-likeness (QED) is 0.368. The van der Waals surface area contributed by atoms with Crippen LogP contribution in [-0.2, 0) is 4.79 Å². The first-order valence-corrected chi connectivity index (χ1v) is 4.78. The van der Waals surface area contributed by atoms with Gasteiger partial charge in [-0.25, -0.2) is 4.79 Å². The number of carbonyl (C=O) groups is 1. The third-order valence-corrected chi connectivity index (χ3v) is 2.24. The van der Waals surface area contributed by atoms with E-state index in [1.807, 2.05) is 0 Å². The average molecular weight is 225 g/mol. The molecule has 0 unspecified atom stereocenters. The predicted molar refractivity (Wildman–Crippen MR) is 55.7 cm³/mol. The lowest BCUT2D eigenvalue weighted by Gasteiger charge is -1.95. The van der Waals surface area contributed by atoms with Gasteiger partial charge < -0.3 is 5.11 Å². The summed E-state index contributed by atoms with van der Waals surface area (Å²) in [5.41, 5.74) is -0.0104. The maximum Gasteiger partial charge on any atom is 0.328 e. The molecule has 6 heteroatoms. The number of benzene rings is 1. The third-order valence-electron chi connectivity index (χ3n) is 1.44. The minimum absolute atomic E-state index is 0.0104. The number of carboxylic acids is 1. The Morgan fingerprint density at radius 3 is 2.87 bits per heavy atom. The molecule has 1 rings (SSSR count). The number of hydrogen-bond acceptors (Lipinski definition) is 4. The number of carboxylic acid groups (broad SMARTS) is 1. The van der Waals surface area contributed by atoms with Crippen LogP contribution in [0, 0.1) is 10.1 Å². The van der Waals surface area contributed by atoms with Crippen LogP contribution in [0.15, 0.2) is 40.6 Å². The van der Waals surface area contributed by atoms with E-state index in [9.17, 15) is 14.9 Å². The van der Waals surface area contributed by atoms with Crippen molar-refractivity contribution in [2.45, 2.75) is 4.90 Å². The van der Waals surface area contributed by atoms with Gasteiger partial charge in [0, 0.05) is 23.1 Å². The van der Waals surface area contributed by atoms with Gasteiger partial charge in [0.05, 0.1) is 4.92 Å². The second kappa shape index (κ2) is 5.16. The molecule has 5 nitrogen and oxygen atoms in total. The van der Waals surface area contributed by atoms with Gasteiger partial charge in [-0.15, -0.1) is 0 Å². The van der Waals surface area contributed by atoms with E-state index in [0.29, 0.717) is 4.90 Å². The Morgan fingerprint density at radius 2 is 2.27 bits per heavy atom. The van der Waals surface area contributed by atoms with Crippen molar-refractivity contribution in [2.75, 3.05) is 0 Å². The molecule has 0 atom stereocenters. The van der Waals surface area contributed by atoms with E-state index in [4.69, 9.17) is 5.11 Å². The molecule has 0 saturated carbocycles. The molecule has 0 aliphatic rings. The van der Waals surface area contributed by atoms with E-state index in [1.165, 1.54) is 17.5 Å². The summed E-state index contributed by atoms with van der Waals surface area (Å²) in [6.07, 6.45) is 0.976. The smallest absolute Gasteiger partial charge is 0.328 e. The summed E-state index contributed by atoms with van der Waals surface area (Å²) < 4.78 is 0. The highest BCUT2D eigenvalue weighted by Gasteiger charge is 2.04. The van der Waals surface area contributed by atoms with Crippen LogP contribution in [0.25, 0.3) is 0 Å². The molecule has 0 radical (unpaired) electrons. The summed E-state index contributed by atoms with van der Waals surface area (Å²) >= 11 is 1.11. The second-order valence-corrected chi connectivity index (χ2v) is 3.49. The summed E-state index contributed by atoms with van der Waals surface area (Å²) in [6, 6.07) is 5.99. The maximum absolute atomic E-state index is 10.4. The van der Waals surface area contributed by atoms with Crippen LogP contribution in [0.1, 0.15) is 0 Å². The monoisotopic (exact) mass is 225 g/mol. The van der Waals surface area contributed by atoms with E-state index in [1.54, 1.807) is 12.1 Å². The molecule has 1 aromatic carbocycles. The Balaban J connectivity index is 2.74. The molecule has 0 aliphatic heterocycles. The number of nitro benzene ring substituents is 1. The number of nitrogens with zero attached hydrogens (tertiary/aromatic N) is 1. The van der Waals surface area contributed by atoms with Gasteiger partial charge in [0.25, 0.3) is 5.69 Å². The predicted octanol–water partition coefficient (Wildman–Crippen LogP) is 2.29. The lowest BCUT2D eigenvalue weighted by molar-refractivity contribution is -0.385. The van der Waals surface area contributed by atoms with Gasteiger partial charge in [0.2, 0.25) is 0 Å². The molecule has 1 N–H and O–H groups in total. The minimum atomic E-state index is -1.05. The minimum Gasteiger partial charge on any atom is -0.478 e. The topological polar surface area (TPSA) is 80.4 Å². The fourth-order valence-electron chi connectivity index (χ4n) is 0.841. The fraction of sp³-hybridized carbons (Fsp3) is 0. The SMILES string of the molecule is O=C(O)/C=C/Sc1cccc([N+](=O)[O-])c1. The number of rotatable bonds is 4. The molecular weight excluding hydrogens is 218 g/mol. The summed E-state index contributed by atoms with van der Waals surface area (Å²) in [6.45, 7) is 0. The van der Waals surface area contributed by atoms with Gasteiger partial charge in [-0.05, 0) is 11.5 Å². The summed E-state index contributed by atoms with van der Waals surface area (Å²) in [7, 11) is 0. The van der Waals surface area contributed by atoms with Gasteiger partial charge in [0.1, 0.15) is 0 Å². The van der Waals surface area contributed by atoms with Crippen molar-refractivity contribution in [3.63, 3.8) is 0 Å². The van der Waals surface area contributed by atoms with Gasteiger partial charge in [0.15, 0.2) is 0 Å². The zero-order valence-electron chi connectivity index (χ0n) is 7.49. The van der Waals surface area contributed by atoms with Crippen molar-refractivity contribution in [3.8, 4) is 0 Å². The highest BCUT2D eigenvalue weighted by Crippen LogP contribution is 2.23. The third kappa shape index (κ3) is 3.82. The van der Waals surface area contributed by atoms with Gasteiger partial charge in [-0.1, -0.05) is 17.8 Å². The van der Waals surface area contributed by atoms with E-state index in [2.05, 4.69) is 0 Å². The van der Waals surface area contributed by atoms with Crippen LogP contribution in [0.5, 0.6) is 0 Å². The zero-order valence-corrected chi connectivity index (χ0v) is 8.31. The number of nitro groups is 1. The van der Waals surface area contributed by atoms with E-state index < -0.39 is 10.9 Å². The average Bonchev–Trinajstić information content (AvgIpc) is 2.17. The first-order chi connectivity index (χ1) is 7.09. The highest BCUT2D eigenvalue weighted by atomic mass is 32.2.